The second-order valence-electron chi connectivity index (χ2n) is 13.5. The first-order chi connectivity index (χ1) is 25.5. The van der Waals surface area contributed by atoms with Crippen LogP contribution in [-0.2, 0) is 7.05 Å². The molecule has 0 unspecified atom stereocenters. The summed E-state index contributed by atoms with van der Waals surface area (Å²) in [7, 11) is 1.91. The Hall–Kier alpha value is -5.41. The zero-order chi connectivity index (χ0) is 38.3. The van der Waals surface area contributed by atoms with Crippen molar-refractivity contribution in [3.8, 4) is 39.3 Å². The van der Waals surface area contributed by atoms with Crippen LogP contribution in [0.4, 0.5) is 0 Å². The molecule has 2 aromatic heterocycles. The van der Waals surface area contributed by atoms with Crippen molar-refractivity contribution < 1.29 is 15.8 Å². The number of fused-ring (bicyclic) bond motifs is 4. The molecule has 0 radical (unpaired) electrons. The van der Waals surface area contributed by atoms with Gasteiger partial charge in [-0.05, 0) is 77.6 Å². The molecule has 0 spiro atoms. The Bertz CT molecular complexity index is 2690. The zero-order valence-electron chi connectivity index (χ0n) is 33.8. The molecule has 0 saturated carbocycles. The van der Waals surface area contributed by atoms with E-state index in [0.717, 1.165) is 60.9 Å². The Morgan fingerprint density at radius 2 is 1.29 bits per heavy atom. The van der Waals surface area contributed by atoms with E-state index in [0.29, 0.717) is 28.1 Å². The van der Waals surface area contributed by atoms with E-state index in [9.17, 15) is 2.74 Å². The summed E-state index contributed by atoms with van der Waals surface area (Å²) in [5.74, 6) is -1.53. The minimum absolute atomic E-state index is 0.227. The predicted octanol–water partition coefficient (Wildman–Crippen LogP) is 12.2. The number of furan rings is 1. The van der Waals surface area contributed by atoms with E-state index in [1.807, 2.05) is 88.7 Å². The van der Waals surface area contributed by atoms with Crippen LogP contribution in [-0.4, -0.2) is 4.57 Å². The lowest BCUT2D eigenvalue weighted by Gasteiger charge is -2.21. The van der Waals surface area contributed by atoms with Crippen molar-refractivity contribution in [2.45, 2.75) is 53.3 Å². The summed E-state index contributed by atoms with van der Waals surface area (Å²) in [5.41, 5.74) is 10.9. The number of para-hydroxylation sites is 2. The molecular formula is C46H43N2O+. The average molecular weight is 645 g/mol. The van der Waals surface area contributed by atoms with Gasteiger partial charge in [0.15, 0.2) is 16.6 Å². The lowest BCUT2D eigenvalue weighted by molar-refractivity contribution is -0.634. The maximum Gasteiger partial charge on any atom is 0.299 e. The Kier molecular flexibility index (Phi) is 6.23. The molecule has 2 heterocycles. The lowest BCUT2D eigenvalue weighted by Crippen LogP contribution is -2.31. The van der Waals surface area contributed by atoms with Gasteiger partial charge in [0.05, 0.1) is 7.05 Å². The van der Waals surface area contributed by atoms with E-state index in [-0.39, 0.29) is 5.56 Å². The second kappa shape index (κ2) is 11.9. The number of aryl methyl sites for hydroxylation is 3. The minimum atomic E-state index is -2.40. The molecule has 0 amide bonds. The average Bonchev–Trinajstić information content (AvgIpc) is 3.65. The number of hydrogen-bond acceptors (Lipinski definition) is 1. The Morgan fingerprint density at radius 3 is 1.96 bits per heavy atom. The van der Waals surface area contributed by atoms with E-state index in [4.69, 9.17) is 8.53 Å². The summed E-state index contributed by atoms with van der Waals surface area (Å²) < 4.78 is 55.8. The molecular weight excluding hydrogens is 597 g/mol. The third kappa shape index (κ3) is 4.99. The van der Waals surface area contributed by atoms with Gasteiger partial charge in [0.25, 0.3) is 5.82 Å². The van der Waals surface area contributed by atoms with Gasteiger partial charge in [-0.3, -0.25) is 0 Å². The molecule has 49 heavy (non-hydrogen) atoms. The van der Waals surface area contributed by atoms with Crippen LogP contribution in [0.3, 0.4) is 0 Å². The quantitative estimate of drug-likeness (QED) is 0.165. The highest BCUT2D eigenvalue weighted by molar-refractivity contribution is 6.10. The highest BCUT2D eigenvalue weighted by Crippen LogP contribution is 2.43. The summed E-state index contributed by atoms with van der Waals surface area (Å²) >= 11 is 0. The summed E-state index contributed by atoms with van der Waals surface area (Å²) in [6, 6.07) is 40.4. The first-order valence-corrected chi connectivity index (χ1v) is 16.8. The van der Waals surface area contributed by atoms with E-state index in [2.05, 4.69) is 71.3 Å². The smallest absolute Gasteiger partial charge is 0.299 e. The van der Waals surface area contributed by atoms with Crippen molar-refractivity contribution in [1.29, 1.82) is 0 Å². The van der Waals surface area contributed by atoms with Gasteiger partial charge in [0.1, 0.15) is 16.8 Å². The topological polar surface area (TPSA) is 21.9 Å². The van der Waals surface area contributed by atoms with Crippen LogP contribution in [0.5, 0.6) is 0 Å². The largest absolute Gasteiger partial charge is 0.455 e. The lowest BCUT2D eigenvalue weighted by atomic mass is 9.87. The fraction of sp³-hybridized carbons (Fsp3) is 0.196. The number of aromatic nitrogens is 2. The van der Waals surface area contributed by atoms with Crippen LogP contribution in [0.25, 0.3) is 72.3 Å². The van der Waals surface area contributed by atoms with Gasteiger partial charge in [-0.25, -0.2) is 4.57 Å². The number of hydrogen-bond donors (Lipinski definition) is 0. The summed E-state index contributed by atoms with van der Waals surface area (Å²) in [5, 5.41) is 1.95. The van der Waals surface area contributed by atoms with Crippen molar-refractivity contribution in [3.05, 3.63) is 144 Å². The van der Waals surface area contributed by atoms with Gasteiger partial charge in [0.2, 0.25) is 0 Å². The van der Waals surface area contributed by atoms with E-state index >= 15 is 0 Å². The maximum atomic E-state index is 9.66. The van der Waals surface area contributed by atoms with E-state index in [1.165, 1.54) is 0 Å². The summed E-state index contributed by atoms with van der Waals surface area (Å²) in [6.45, 7) is 7.14. The number of imidazole rings is 1. The molecule has 0 atom stereocenters. The molecule has 8 aromatic rings. The van der Waals surface area contributed by atoms with Crippen LogP contribution in [0, 0.1) is 13.8 Å². The molecule has 0 aliphatic carbocycles. The SMILES string of the molecule is [2H]C([2H])([2H])c1cccc2c1[n+](C)c(-c1c(C)ccc3c1oc1ccccc13)n2-c1c(C([2H])(C)C)cc(-c2ccc(-c3ccccc3)cc2)cc1C([2H])(C)C. The van der Waals surface area contributed by atoms with Gasteiger partial charge in [-0.1, -0.05) is 125 Å². The van der Waals surface area contributed by atoms with Crippen molar-refractivity contribution in [1.82, 2.24) is 4.57 Å². The molecule has 8 rings (SSSR count). The van der Waals surface area contributed by atoms with Gasteiger partial charge >= 0.3 is 0 Å². The van der Waals surface area contributed by atoms with Crippen molar-refractivity contribution in [2.75, 3.05) is 0 Å². The molecule has 0 fully saturated rings. The Balaban J connectivity index is 1.51. The van der Waals surface area contributed by atoms with Crippen LogP contribution < -0.4 is 4.57 Å². The van der Waals surface area contributed by atoms with Crippen molar-refractivity contribution >= 4 is 33.0 Å². The normalized spacial score (nSPS) is 14.1. The Morgan fingerprint density at radius 1 is 0.653 bits per heavy atom. The zero-order valence-corrected chi connectivity index (χ0v) is 28.8. The van der Waals surface area contributed by atoms with Crippen LogP contribution in [0.1, 0.15) is 68.6 Å². The van der Waals surface area contributed by atoms with Gasteiger partial charge in [-0.15, -0.1) is 0 Å². The number of benzene rings is 6. The number of nitrogens with zero attached hydrogens (tertiary/aromatic N) is 2. The van der Waals surface area contributed by atoms with Crippen LogP contribution in [0.2, 0.25) is 0 Å². The molecule has 0 aliphatic rings. The minimum Gasteiger partial charge on any atom is -0.455 e. The fourth-order valence-electron chi connectivity index (χ4n) is 7.40. The van der Waals surface area contributed by atoms with Crippen LogP contribution >= 0.6 is 0 Å². The maximum absolute atomic E-state index is 9.66. The molecule has 0 bridgehead atoms. The number of rotatable bonds is 6. The summed E-state index contributed by atoms with van der Waals surface area (Å²) in [6.07, 6.45) is 0. The Labute approximate surface area is 296 Å². The first kappa shape index (κ1) is 25.6. The molecule has 0 N–H and O–H groups in total. The third-order valence-electron chi connectivity index (χ3n) is 9.84. The monoisotopic (exact) mass is 644 g/mol. The molecule has 6 aromatic carbocycles. The van der Waals surface area contributed by atoms with Gasteiger partial charge in [0, 0.05) is 34.3 Å². The molecule has 0 saturated heterocycles. The van der Waals surface area contributed by atoms with Crippen molar-refractivity contribution in [3.63, 3.8) is 0 Å². The third-order valence-corrected chi connectivity index (χ3v) is 9.84. The van der Waals surface area contributed by atoms with E-state index < -0.39 is 18.6 Å². The highest BCUT2D eigenvalue weighted by Gasteiger charge is 2.34. The first-order valence-electron chi connectivity index (χ1n) is 19.3. The molecule has 0 aliphatic heterocycles. The predicted molar refractivity (Wildman–Crippen MR) is 206 cm³/mol. The van der Waals surface area contributed by atoms with E-state index in [1.54, 1.807) is 12.1 Å². The molecule has 242 valence electrons. The van der Waals surface area contributed by atoms with Gasteiger partial charge < -0.3 is 4.42 Å². The molecule has 3 nitrogen and oxygen atoms in total. The standard InChI is InChI=1S/C46H43N2O/c1-28(2)38-26-35(34-23-21-33(22-24-34)32-15-9-8-10-16-32)27-39(29(3)4)44(38)48-40-18-13-14-31(6)43(40)47(7)46(48)42-30(5)20-25-37-36-17-11-12-19-41(36)49-45(37)42/h8-29H,1-7H3/q+1/i6D3,28D,29D. The summed E-state index contributed by atoms with van der Waals surface area (Å²) in [4.78, 5) is 0. The fourth-order valence-corrected chi connectivity index (χ4v) is 7.40. The highest BCUT2D eigenvalue weighted by atomic mass is 16.3. The molecule has 3 heteroatoms. The van der Waals surface area contributed by atoms with Crippen molar-refractivity contribution in [2.24, 2.45) is 7.05 Å². The van der Waals surface area contributed by atoms with Gasteiger partial charge in [-0.2, -0.15) is 4.57 Å². The second-order valence-corrected chi connectivity index (χ2v) is 13.5. The van der Waals surface area contributed by atoms with Crippen LogP contribution in [0.15, 0.2) is 126 Å².